The lowest BCUT2D eigenvalue weighted by atomic mass is 10.1. The smallest absolute Gasteiger partial charge is 0.404 e. The van der Waals surface area contributed by atoms with Gasteiger partial charge in [0.25, 0.3) is 11.1 Å². The van der Waals surface area contributed by atoms with Crippen molar-refractivity contribution in [3.63, 3.8) is 0 Å². The van der Waals surface area contributed by atoms with Gasteiger partial charge in [0.2, 0.25) is 0 Å². The lowest BCUT2D eigenvalue weighted by molar-refractivity contribution is 0.0455. The van der Waals surface area contributed by atoms with Gasteiger partial charge in [-0.05, 0) is 24.3 Å². The van der Waals surface area contributed by atoms with Crippen molar-refractivity contribution in [1.82, 2.24) is 14.9 Å². The van der Waals surface area contributed by atoms with Crippen LogP contribution in [0.5, 0.6) is 10.9 Å². The van der Waals surface area contributed by atoms with E-state index in [1.54, 1.807) is 29.3 Å². The monoisotopic (exact) mass is 438 g/mol. The maximum atomic E-state index is 13.0. The van der Waals surface area contributed by atoms with Gasteiger partial charge in [0.15, 0.2) is 5.65 Å². The normalized spacial score (nSPS) is 14.8. The maximum Gasteiger partial charge on any atom is 0.404 e. The van der Waals surface area contributed by atoms with Gasteiger partial charge < -0.3 is 24.5 Å². The highest BCUT2D eigenvalue weighted by Gasteiger charge is 2.27. The standard InChI is InChI=1S/C21H18N4O5S/c22-20(27)29-12-5-8-25(9-6-12)19(26)15-11-28-16-10-13(3-4-14(15)16)30-21-24-18-17(31-21)2-1-7-23-18/h1-4,7,10-12H,5-6,8-9H2,(H2,22,27). The van der Waals surface area contributed by atoms with Gasteiger partial charge >= 0.3 is 6.09 Å². The average molecular weight is 438 g/mol. The van der Waals surface area contributed by atoms with Gasteiger partial charge in [0.1, 0.15) is 23.7 Å². The highest BCUT2D eigenvalue weighted by Crippen LogP contribution is 2.33. The molecule has 0 aliphatic carbocycles. The second-order valence-corrected chi connectivity index (χ2v) is 8.14. The Labute approximate surface area is 180 Å². The Bertz CT molecular complexity index is 1240. The molecule has 0 radical (unpaired) electrons. The third kappa shape index (κ3) is 3.89. The second-order valence-electron chi connectivity index (χ2n) is 7.14. The summed E-state index contributed by atoms with van der Waals surface area (Å²) in [6.45, 7) is 0.965. The number of amides is 2. The minimum Gasteiger partial charge on any atom is -0.463 e. The summed E-state index contributed by atoms with van der Waals surface area (Å²) in [7, 11) is 0. The van der Waals surface area contributed by atoms with Crippen molar-refractivity contribution >= 4 is 44.7 Å². The predicted octanol–water partition coefficient (Wildman–Crippen LogP) is 3.93. The number of benzene rings is 1. The van der Waals surface area contributed by atoms with E-state index in [9.17, 15) is 9.59 Å². The van der Waals surface area contributed by atoms with Crippen molar-refractivity contribution in [2.45, 2.75) is 18.9 Å². The summed E-state index contributed by atoms with van der Waals surface area (Å²) in [5, 5.41) is 1.19. The predicted molar refractivity (Wildman–Crippen MR) is 113 cm³/mol. The van der Waals surface area contributed by atoms with Crippen molar-refractivity contribution in [3.05, 3.63) is 48.4 Å². The summed E-state index contributed by atoms with van der Waals surface area (Å²) in [6.07, 6.45) is 3.22. The van der Waals surface area contributed by atoms with E-state index in [0.29, 0.717) is 59.1 Å². The number of fused-ring (bicyclic) bond motifs is 2. The number of hydrogen-bond donors (Lipinski definition) is 1. The largest absolute Gasteiger partial charge is 0.463 e. The lowest BCUT2D eigenvalue weighted by Crippen LogP contribution is -2.41. The fraction of sp³-hybridized carbons (Fsp3) is 0.238. The summed E-state index contributed by atoms with van der Waals surface area (Å²) in [5.74, 6) is 0.437. The zero-order valence-electron chi connectivity index (χ0n) is 16.3. The van der Waals surface area contributed by atoms with Crippen LogP contribution in [0.2, 0.25) is 0 Å². The summed E-state index contributed by atoms with van der Waals surface area (Å²) in [4.78, 5) is 34.2. The van der Waals surface area contributed by atoms with Gasteiger partial charge in [0.05, 0.1) is 10.3 Å². The van der Waals surface area contributed by atoms with Crippen LogP contribution in [0, 0.1) is 0 Å². The first kappa shape index (κ1) is 19.3. The number of thiazole rings is 1. The number of nitrogens with two attached hydrogens (primary N) is 1. The molecule has 0 spiro atoms. The molecule has 158 valence electrons. The van der Waals surface area contributed by atoms with Gasteiger partial charge in [-0.3, -0.25) is 4.79 Å². The number of hydrogen-bond acceptors (Lipinski definition) is 8. The molecule has 1 aliphatic rings. The van der Waals surface area contributed by atoms with Crippen molar-refractivity contribution < 1.29 is 23.5 Å². The molecule has 2 amide bonds. The zero-order valence-corrected chi connectivity index (χ0v) is 17.1. The molecule has 0 unspecified atom stereocenters. The Hall–Kier alpha value is -3.66. The molecule has 3 aromatic heterocycles. The number of piperidine rings is 1. The van der Waals surface area contributed by atoms with Crippen LogP contribution >= 0.6 is 11.3 Å². The third-order valence-electron chi connectivity index (χ3n) is 5.14. The minimum atomic E-state index is -0.786. The van der Waals surface area contributed by atoms with Crippen molar-refractivity contribution in [3.8, 4) is 10.9 Å². The Kier molecular flexibility index (Phi) is 4.91. The molecule has 1 aromatic carbocycles. The van der Waals surface area contributed by atoms with Crippen LogP contribution in [-0.2, 0) is 4.74 Å². The number of nitrogens with zero attached hydrogens (tertiary/aromatic N) is 3. The first-order chi connectivity index (χ1) is 15.1. The first-order valence-corrected chi connectivity index (χ1v) is 10.5. The number of likely N-dealkylation sites (tertiary alicyclic amines) is 1. The fourth-order valence-corrected chi connectivity index (χ4v) is 4.44. The van der Waals surface area contributed by atoms with Gasteiger partial charge in [-0.2, -0.15) is 4.98 Å². The van der Waals surface area contributed by atoms with Gasteiger partial charge in [-0.15, -0.1) is 0 Å². The van der Waals surface area contributed by atoms with Gasteiger partial charge in [-0.25, -0.2) is 9.78 Å². The van der Waals surface area contributed by atoms with Crippen LogP contribution in [0.4, 0.5) is 4.79 Å². The van der Waals surface area contributed by atoms with Crippen molar-refractivity contribution in [1.29, 1.82) is 0 Å². The molecule has 0 atom stereocenters. The number of pyridine rings is 1. The Balaban J connectivity index is 1.31. The van der Waals surface area contributed by atoms with E-state index in [-0.39, 0.29) is 12.0 Å². The molecule has 1 fully saturated rings. The van der Waals surface area contributed by atoms with E-state index in [2.05, 4.69) is 9.97 Å². The van der Waals surface area contributed by atoms with Crippen molar-refractivity contribution in [2.75, 3.05) is 13.1 Å². The average Bonchev–Trinajstić information content (AvgIpc) is 3.36. The molecule has 5 rings (SSSR count). The van der Waals surface area contributed by atoms with E-state index < -0.39 is 6.09 Å². The van der Waals surface area contributed by atoms with Crippen LogP contribution in [0.15, 0.2) is 47.2 Å². The van der Waals surface area contributed by atoms with Crippen LogP contribution in [0.3, 0.4) is 0 Å². The van der Waals surface area contributed by atoms with E-state index in [1.807, 2.05) is 12.1 Å². The molecule has 1 saturated heterocycles. The number of carbonyl (C=O) groups is 2. The summed E-state index contributed by atoms with van der Waals surface area (Å²) in [5.41, 5.74) is 6.74. The summed E-state index contributed by atoms with van der Waals surface area (Å²) in [6, 6.07) is 9.10. The van der Waals surface area contributed by atoms with Crippen LogP contribution in [-0.4, -0.2) is 46.1 Å². The third-order valence-corrected chi connectivity index (χ3v) is 6.03. The minimum absolute atomic E-state index is 0.123. The maximum absolute atomic E-state index is 13.0. The molecule has 0 saturated carbocycles. The number of aromatic nitrogens is 2. The molecule has 9 nitrogen and oxygen atoms in total. The Morgan fingerprint density at radius 3 is 2.84 bits per heavy atom. The van der Waals surface area contributed by atoms with Crippen LogP contribution in [0.1, 0.15) is 23.2 Å². The molecule has 4 aromatic rings. The SMILES string of the molecule is NC(=O)OC1CCN(C(=O)c2coc3cc(Oc4nc5ncccc5s4)ccc23)CC1. The molecular weight excluding hydrogens is 420 g/mol. The van der Waals surface area contributed by atoms with E-state index in [1.165, 1.54) is 17.6 Å². The van der Waals surface area contributed by atoms with E-state index in [4.69, 9.17) is 19.6 Å². The molecule has 31 heavy (non-hydrogen) atoms. The molecular formula is C21H18N4O5S. The number of ether oxygens (including phenoxy) is 2. The van der Waals surface area contributed by atoms with Crippen molar-refractivity contribution in [2.24, 2.45) is 5.73 Å². The zero-order chi connectivity index (χ0) is 21.4. The Morgan fingerprint density at radius 2 is 2.06 bits per heavy atom. The highest BCUT2D eigenvalue weighted by molar-refractivity contribution is 7.20. The van der Waals surface area contributed by atoms with Crippen LogP contribution in [0.25, 0.3) is 21.3 Å². The second kappa shape index (κ2) is 7.88. The molecule has 1 aliphatic heterocycles. The Morgan fingerprint density at radius 1 is 1.23 bits per heavy atom. The first-order valence-electron chi connectivity index (χ1n) is 9.73. The molecule has 10 heteroatoms. The quantitative estimate of drug-likeness (QED) is 0.512. The number of carbonyl (C=O) groups excluding carboxylic acids is 2. The fourth-order valence-electron chi connectivity index (χ4n) is 3.64. The van der Waals surface area contributed by atoms with Gasteiger partial charge in [-0.1, -0.05) is 11.3 Å². The highest BCUT2D eigenvalue weighted by atomic mass is 32.1. The van der Waals surface area contributed by atoms with E-state index >= 15 is 0 Å². The molecule has 0 bridgehead atoms. The van der Waals surface area contributed by atoms with E-state index in [0.717, 1.165) is 4.70 Å². The van der Waals surface area contributed by atoms with Crippen LogP contribution < -0.4 is 10.5 Å². The summed E-state index contributed by atoms with van der Waals surface area (Å²) < 4.78 is 17.5. The summed E-state index contributed by atoms with van der Waals surface area (Å²) >= 11 is 1.40. The number of primary amides is 1. The lowest BCUT2D eigenvalue weighted by Gasteiger charge is -2.31. The number of furan rings is 1. The molecule has 2 N–H and O–H groups in total. The number of rotatable bonds is 4. The topological polar surface area (TPSA) is 121 Å². The van der Waals surface area contributed by atoms with Gasteiger partial charge in [0, 0.05) is 43.6 Å². The molecule has 4 heterocycles.